The van der Waals surface area contributed by atoms with Gasteiger partial charge < -0.3 is 19.7 Å². The molecule has 3 heterocycles. The minimum absolute atomic E-state index is 0.114. The van der Waals surface area contributed by atoms with Crippen LogP contribution in [0.25, 0.3) is 0 Å². The van der Waals surface area contributed by atoms with Gasteiger partial charge in [0.1, 0.15) is 5.04 Å². The number of anilines is 1. The predicted molar refractivity (Wildman–Crippen MR) is 129 cm³/mol. The predicted octanol–water partition coefficient (Wildman–Crippen LogP) is 4.06. The summed E-state index contributed by atoms with van der Waals surface area (Å²) >= 11 is 7.49. The SMILES string of the molecule is CN1CCC2(CC1)N=C(SCC(=O)Nc1ccc3c(c1)OCO3)C(c1ccc(Cl)cc1)=N2. The Bertz CT molecular complexity index is 1090. The van der Waals surface area contributed by atoms with Crippen molar-refractivity contribution >= 4 is 45.7 Å². The maximum Gasteiger partial charge on any atom is 0.234 e. The summed E-state index contributed by atoms with van der Waals surface area (Å²) in [5, 5.41) is 4.40. The van der Waals surface area contributed by atoms with E-state index in [4.69, 9.17) is 31.1 Å². The van der Waals surface area contributed by atoms with Crippen molar-refractivity contribution in [2.45, 2.75) is 18.5 Å². The Labute approximate surface area is 195 Å². The van der Waals surface area contributed by atoms with Gasteiger partial charge in [0, 0.05) is 48.3 Å². The minimum atomic E-state index is -0.433. The van der Waals surface area contributed by atoms with Crippen molar-refractivity contribution in [1.82, 2.24) is 4.90 Å². The summed E-state index contributed by atoms with van der Waals surface area (Å²) in [5.41, 5.74) is 2.05. The Morgan fingerprint density at radius 2 is 1.88 bits per heavy atom. The lowest BCUT2D eigenvalue weighted by molar-refractivity contribution is -0.113. The first kappa shape index (κ1) is 21.3. The lowest BCUT2D eigenvalue weighted by atomic mass is 9.99. The normalized spacial score (nSPS) is 19.1. The van der Waals surface area contributed by atoms with Crippen LogP contribution in [0.1, 0.15) is 18.4 Å². The fourth-order valence-electron chi connectivity index (χ4n) is 3.92. The maximum atomic E-state index is 12.6. The molecule has 1 fully saturated rings. The largest absolute Gasteiger partial charge is 0.454 e. The van der Waals surface area contributed by atoms with E-state index in [0.29, 0.717) is 22.2 Å². The van der Waals surface area contributed by atoms with E-state index in [1.54, 1.807) is 18.2 Å². The molecule has 1 spiro atoms. The Hall–Kier alpha value is -2.55. The highest BCUT2D eigenvalue weighted by atomic mass is 35.5. The van der Waals surface area contributed by atoms with Crippen LogP contribution in [0.3, 0.4) is 0 Å². The van der Waals surface area contributed by atoms with Gasteiger partial charge in [-0.25, -0.2) is 4.99 Å². The number of carbonyl (C=O) groups excluding carboxylic acids is 1. The highest BCUT2D eigenvalue weighted by molar-refractivity contribution is 8.16. The lowest BCUT2D eigenvalue weighted by Gasteiger charge is -2.33. The molecule has 0 unspecified atom stereocenters. The number of hydrogen-bond donors (Lipinski definition) is 1. The molecule has 3 aliphatic heterocycles. The molecular formula is C23H23ClN4O3S. The monoisotopic (exact) mass is 470 g/mol. The number of amides is 1. The van der Waals surface area contributed by atoms with Crippen molar-refractivity contribution in [3.05, 3.63) is 53.1 Å². The first-order valence-electron chi connectivity index (χ1n) is 10.5. The van der Waals surface area contributed by atoms with E-state index >= 15 is 0 Å². The summed E-state index contributed by atoms with van der Waals surface area (Å²) in [6.45, 7) is 2.10. The number of nitrogens with zero attached hydrogens (tertiary/aromatic N) is 3. The molecular weight excluding hydrogens is 448 g/mol. The van der Waals surface area contributed by atoms with Crippen molar-refractivity contribution < 1.29 is 14.3 Å². The molecule has 1 saturated heterocycles. The number of nitrogens with one attached hydrogen (secondary N) is 1. The zero-order valence-corrected chi connectivity index (χ0v) is 19.2. The van der Waals surface area contributed by atoms with Gasteiger partial charge in [0.05, 0.1) is 11.5 Å². The third-order valence-electron chi connectivity index (χ3n) is 5.73. The van der Waals surface area contributed by atoms with Crippen molar-refractivity contribution in [1.29, 1.82) is 0 Å². The number of piperidine rings is 1. The number of carbonyl (C=O) groups is 1. The number of aliphatic imine (C=N–C) groups is 2. The molecule has 0 radical (unpaired) electrons. The first-order chi connectivity index (χ1) is 15.5. The molecule has 1 amide bonds. The second kappa shape index (κ2) is 8.77. The van der Waals surface area contributed by atoms with Crippen LogP contribution in [-0.2, 0) is 4.79 Å². The van der Waals surface area contributed by atoms with Gasteiger partial charge in [-0.3, -0.25) is 9.79 Å². The Balaban J connectivity index is 1.30. The van der Waals surface area contributed by atoms with E-state index in [2.05, 4.69) is 17.3 Å². The molecule has 0 aliphatic carbocycles. The summed E-state index contributed by atoms with van der Waals surface area (Å²) in [6.07, 6.45) is 1.74. The van der Waals surface area contributed by atoms with Crippen LogP contribution in [0, 0.1) is 0 Å². The number of hydrogen-bond acceptors (Lipinski definition) is 7. The van der Waals surface area contributed by atoms with Gasteiger partial charge in [-0.1, -0.05) is 35.5 Å². The molecule has 3 aliphatic rings. The number of likely N-dealkylation sites (tertiary alicyclic amines) is 1. The fourth-order valence-corrected chi connectivity index (χ4v) is 4.93. The summed E-state index contributed by atoms with van der Waals surface area (Å²) in [7, 11) is 2.12. The molecule has 2 aromatic carbocycles. The van der Waals surface area contributed by atoms with E-state index in [1.807, 2.05) is 24.3 Å². The van der Waals surface area contributed by atoms with Gasteiger partial charge >= 0.3 is 0 Å². The molecule has 0 aromatic heterocycles. The molecule has 0 atom stereocenters. The average molecular weight is 471 g/mol. The van der Waals surface area contributed by atoms with Crippen LogP contribution < -0.4 is 14.8 Å². The van der Waals surface area contributed by atoms with E-state index in [-0.39, 0.29) is 18.5 Å². The van der Waals surface area contributed by atoms with Crippen molar-refractivity contribution in [3.63, 3.8) is 0 Å². The topological polar surface area (TPSA) is 75.5 Å². The highest BCUT2D eigenvalue weighted by Gasteiger charge is 2.39. The summed E-state index contributed by atoms with van der Waals surface area (Å²) < 4.78 is 10.7. The molecule has 166 valence electrons. The Morgan fingerprint density at radius 1 is 1.12 bits per heavy atom. The van der Waals surface area contributed by atoms with Crippen LogP contribution in [0.5, 0.6) is 11.5 Å². The van der Waals surface area contributed by atoms with Crippen LogP contribution in [0.15, 0.2) is 52.4 Å². The zero-order valence-electron chi connectivity index (χ0n) is 17.6. The van der Waals surface area contributed by atoms with Crippen LogP contribution in [0.4, 0.5) is 5.69 Å². The third-order valence-corrected chi connectivity index (χ3v) is 6.95. The fraction of sp³-hybridized carbons (Fsp3) is 0.348. The van der Waals surface area contributed by atoms with Crippen LogP contribution >= 0.6 is 23.4 Å². The summed E-state index contributed by atoms with van der Waals surface area (Å²) in [5.74, 6) is 1.44. The second-order valence-electron chi connectivity index (χ2n) is 8.07. The standard InChI is InChI=1S/C23H23ClN4O3S/c1-28-10-8-23(9-11-28)26-21(15-2-4-16(24)5-3-15)22(27-23)32-13-20(29)25-17-6-7-18-19(12-17)31-14-30-18/h2-7,12H,8-11,13-14H2,1H3,(H,25,29). The zero-order chi connectivity index (χ0) is 22.1. The van der Waals surface area contributed by atoms with Crippen LogP contribution in [0.2, 0.25) is 5.02 Å². The molecule has 9 heteroatoms. The van der Waals surface area contributed by atoms with Crippen LogP contribution in [-0.4, -0.2) is 59.9 Å². The smallest absolute Gasteiger partial charge is 0.234 e. The first-order valence-corrected chi connectivity index (χ1v) is 11.8. The number of thioether (sulfide) groups is 1. The van der Waals surface area contributed by atoms with Gasteiger partial charge in [-0.05, 0) is 31.3 Å². The molecule has 32 heavy (non-hydrogen) atoms. The second-order valence-corrected chi connectivity index (χ2v) is 9.48. The van der Waals surface area contributed by atoms with Crippen molar-refractivity contribution in [3.8, 4) is 11.5 Å². The van der Waals surface area contributed by atoms with Gasteiger partial charge in [0.25, 0.3) is 0 Å². The van der Waals surface area contributed by atoms with E-state index < -0.39 is 5.66 Å². The van der Waals surface area contributed by atoms with E-state index in [9.17, 15) is 4.79 Å². The van der Waals surface area contributed by atoms with E-state index in [0.717, 1.165) is 42.3 Å². The Kier molecular flexibility index (Phi) is 5.84. The van der Waals surface area contributed by atoms with Crippen molar-refractivity contribution in [2.24, 2.45) is 9.98 Å². The third kappa shape index (κ3) is 4.48. The van der Waals surface area contributed by atoms with Crippen molar-refractivity contribution in [2.75, 3.05) is 38.0 Å². The number of ether oxygens (including phenoxy) is 2. The number of benzene rings is 2. The molecule has 5 rings (SSSR count). The number of fused-ring (bicyclic) bond motifs is 1. The Morgan fingerprint density at radius 3 is 2.66 bits per heavy atom. The highest BCUT2D eigenvalue weighted by Crippen LogP contribution is 2.36. The van der Waals surface area contributed by atoms with Gasteiger partial charge in [-0.2, -0.15) is 0 Å². The quantitative estimate of drug-likeness (QED) is 0.729. The number of halogens is 1. The van der Waals surface area contributed by atoms with E-state index in [1.165, 1.54) is 11.8 Å². The maximum absolute atomic E-state index is 12.6. The minimum Gasteiger partial charge on any atom is -0.454 e. The molecule has 0 bridgehead atoms. The summed E-state index contributed by atoms with van der Waals surface area (Å²) in [4.78, 5) is 25.0. The average Bonchev–Trinajstić information content (AvgIpc) is 3.40. The molecule has 7 nitrogen and oxygen atoms in total. The van der Waals surface area contributed by atoms with Gasteiger partial charge in [0.2, 0.25) is 12.7 Å². The molecule has 1 N–H and O–H groups in total. The lowest BCUT2D eigenvalue weighted by Crippen LogP contribution is -2.39. The molecule has 2 aromatic rings. The molecule has 0 saturated carbocycles. The number of rotatable bonds is 4. The van der Waals surface area contributed by atoms with Gasteiger partial charge in [-0.15, -0.1) is 0 Å². The van der Waals surface area contributed by atoms with Gasteiger partial charge in [0.15, 0.2) is 17.2 Å². The summed E-state index contributed by atoms with van der Waals surface area (Å²) in [6, 6.07) is 13.0.